The van der Waals surface area contributed by atoms with Gasteiger partial charge in [0.05, 0.1) is 0 Å². The van der Waals surface area contributed by atoms with Crippen LogP contribution in [0.15, 0.2) is 47.0 Å². The van der Waals surface area contributed by atoms with E-state index in [0.717, 1.165) is 18.2 Å². The third-order valence-corrected chi connectivity index (χ3v) is 3.59. The van der Waals surface area contributed by atoms with Crippen molar-refractivity contribution in [2.45, 2.75) is 13.3 Å². The van der Waals surface area contributed by atoms with E-state index in [9.17, 15) is 18.4 Å². The number of imide groups is 1. The van der Waals surface area contributed by atoms with E-state index in [-0.39, 0.29) is 0 Å². The Morgan fingerprint density at radius 2 is 1.74 bits per heavy atom. The van der Waals surface area contributed by atoms with Gasteiger partial charge < -0.3 is 9.84 Å². The lowest BCUT2D eigenvalue weighted by Crippen LogP contribution is -2.35. The zero-order chi connectivity index (χ0) is 19.4. The molecule has 0 bridgehead atoms. The van der Waals surface area contributed by atoms with E-state index in [1.54, 1.807) is 24.3 Å². The highest BCUT2D eigenvalue weighted by Gasteiger charge is 2.19. The Balaban J connectivity index is 1.65. The lowest BCUT2D eigenvalue weighted by atomic mass is 10.2. The summed E-state index contributed by atoms with van der Waals surface area (Å²) in [7, 11) is 0. The predicted molar refractivity (Wildman–Crippen MR) is 92.0 cm³/mol. The van der Waals surface area contributed by atoms with Gasteiger partial charge in [0.2, 0.25) is 11.7 Å². The minimum absolute atomic E-state index is 0.359. The van der Waals surface area contributed by atoms with Crippen LogP contribution in [0, 0.1) is 11.6 Å². The third-order valence-electron chi connectivity index (χ3n) is 3.59. The minimum atomic E-state index is -1.18. The number of benzene rings is 2. The fourth-order valence-corrected chi connectivity index (χ4v) is 2.26. The van der Waals surface area contributed by atoms with Crippen LogP contribution in [0.5, 0.6) is 0 Å². The van der Waals surface area contributed by atoms with Crippen molar-refractivity contribution >= 4 is 17.6 Å². The zero-order valence-corrected chi connectivity index (χ0v) is 14.1. The van der Waals surface area contributed by atoms with Crippen LogP contribution in [-0.2, 0) is 6.42 Å². The summed E-state index contributed by atoms with van der Waals surface area (Å²) in [6, 6.07) is 8.47. The molecule has 0 aliphatic rings. The number of aryl methyl sites for hydroxylation is 1. The van der Waals surface area contributed by atoms with Gasteiger partial charge in [-0.05, 0) is 36.4 Å². The molecular formula is C18H14F2N4O3. The van der Waals surface area contributed by atoms with Gasteiger partial charge in [0.1, 0.15) is 17.2 Å². The molecule has 1 heterocycles. The first-order chi connectivity index (χ1) is 13.0. The van der Waals surface area contributed by atoms with Gasteiger partial charge in [-0.2, -0.15) is 4.98 Å². The molecule has 9 heteroatoms. The van der Waals surface area contributed by atoms with Gasteiger partial charge in [-0.1, -0.05) is 18.1 Å². The average Bonchev–Trinajstić information content (AvgIpc) is 3.11. The molecule has 0 saturated carbocycles. The van der Waals surface area contributed by atoms with Crippen molar-refractivity contribution in [1.29, 1.82) is 0 Å². The Hall–Kier alpha value is -3.62. The summed E-state index contributed by atoms with van der Waals surface area (Å²) < 4.78 is 32.1. The molecule has 2 N–H and O–H groups in total. The van der Waals surface area contributed by atoms with Crippen molar-refractivity contribution in [2.24, 2.45) is 0 Å². The molecular weight excluding hydrogens is 358 g/mol. The van der Waals surface area contributed by atoms with Crippen LogP contribution in [-0.4, -0.2) is 22.1 Å². The van der Waals surface area contributed by atoms with E-state index in [1.807, 2.05) is 12.2 Å². The van der Waals surface area contributed by atoms with Gasteiger partial charge >= 0.3 is 6.03 Å². The van der Waals surface area contributed by atoms with Crippen molar-refractivity contribution in [3.05, 3.63) is 65.6 Å². The molecule has 3 aromatic rings. The number of halogens is 2. The van der Waals surface area contributed by atoms with E-state index in [0.29, 0.717) is 29.4 Å². The average molecular weight is 372 g/mol. The van der Waals surface area contributed by atoms with Crippen LogP contribution in [0.1, 0.15) is 23.2 Å². The highest BCUT2D eigenvalue weighted by atomic mass is 19.1. The molecule has 3 rings (SSSR count). The van der Waals surface area contributed by atoms with Crippen LogP contribution in [0.3, 0.4) is 0 Å². The fraction of sp³-hybridized carbons (Fsp3) is 0.111. The van der Waals surface area contributed by atoms with Gasteiger partial charge in [0.25, 0.3) is 5.91 Å². The number of hydrogen-bond donors (Lipinski definition) is 2. The molecule has 0 fully saturated rings. The molecule has 0 unspecified atom stereocenters. The summed E-state index contributed by atoms with van der Waals surface area (Å²) in [5.74, 6) is -2.38. The van der Waals surface area contributed by atoms with Crippen LogP contribution in [0.4, 0.5) is 19.3 Å². The predicted octanol–water partition coefficient (Wildman–Crippen LogP) is 3.54. The summed E-state index contributed by atoms with van der Waals surface area (Å²) in [6.07, 6.45) is 0.615. The topological polar surface area (TPSA) is 97.1 Å². The van der Waals surface area contributed by atoms with E-state index in [2.05, 4.69) is 15.5 Å². The van der Waals surface area contributed by atoms with E-state index < -0.39 is 29.1 Å². The van der Waals surface area contributed by atoms with Crippen molar-refractivity contribution in [1.82, 2.24) is 15.5 Å². The first-order valence-electron chi connectivity index (χ1n) is 7.97. The summed E-state index contributed by atoms with van der Waals surface area (Å²) in [5, 5.41) is 8.11. The molecule has 3 amide bonds. The summed E-state index contributed by atoms with van der Waals surface area (Å²) in [5.41, 5.74) is 0.206. The van der Waals surface area contributed by atoms with Gasteiger partial charge in [0.15, 0.2) is 0 Å². The Bertz CT molecular complexity index is 966. The Morgan fingerprint density at radius 1 is 1.07 bits per heavy atom. The number of hydrogen-bond acceptors (Lipinski definition) is 5. The molecule has 0 aliphatic heterocycles. The highest BCUT2D eigenvalue weighted by molar-refractivity contribution is 6.08. The molecule has 0 spiro atoms. The zero-order valence-electron chi connectivity index (χ0n) is 14.1. The first-order valence-corrected chi connectivity index (χ1v) is 7.97. The number of nitrogens with zero attached hydrogens (tertiary/aromatic N) is 2. The monoisotopic (exact) mass is 372 g/mol. The van der Waals surface area contributed by atoms with Crippen LogP contribution < -0.4 is 10.6 Å². The van der Waals surface area contributed by atoms with E-state index in [1.165, 1.54) is 0 Å². The highest BCUT2D eigenvalue weighted by Crippen LogP contribution is 2.19. The second kappa shape index (κ2) is 7.73. The maximum atomic E-state index is 13.6. The summed E-state index contributed by atoms with van der Waals surface area (Å²) in [6.45, 7) is 1.89. The molecule has 27 heavy (non-hydrogen) atoms. The van der Waals surface area contributed by atoms with E-state index >= 15 is 0 Å². The third kappa shape index (κ3) is 4.14. The number of aromatic nitrogens is 2. The number of carbonyl (C=O) groups excluding carboxylic acids is 2. The molecule has 0 atom stereocenters. The van der Waals surface area contributed by atoms with Crippen molar-refractivity contribution < 1.29 is 22.9 Å². The molecule has 0 radical (unpaired) electrons. The van der Waals surface area contributed by atoms with Gasteiger partial charge in [-0.3, -0.25) is 10.1 Å². The quantitative estimate of drug-likeness (QED) is 0.730. The molecule has 0 saturated heterocycles. The van der Waals surface area contributed by atoms with Crippen molar-refractivity contribution in [3.63, 3.8) is 0 Å². The van der Waals surface area contributed by atoms with Gasteiger partial charge in [-0.25, -0.2) is 13.6 Å². The Labute approximate surface area is 152 Å². The maximum Gasteiger partial charge on any atom is 0.326 e. The second-order valence-corrected chi connectivity index (χ2v) is 5.45. The Kier molecular flexibility index (Phi) is 5.20. The minimum Gasteiger partial charge on any atom is -0.339 e. The SMILES string of the molecule is CCc1nc(-c2ccc(NC(=O)NC(=O)c3c(F)cccc3F)cc2)no1. The summed E-state index contributed by atoms with van der Waals surface area (Å²) >= 11 is 0. The first kappa shape index (κ1) is 18.2. The largest absolute Gasteiger partial charge is 0.339 e. The fourth-order valence-electron chi connectivity index (χ4n) is 2.26. The van der Waals surface area contributed by atoms with Gasteiger partial charge in [-0.15, -0.1) is 0 Å². The van der Waals surface area contributed by atoms with Crippen molar-refractivity contribution in [2.75, 3.05) is 5.32 Å². The van der Waals surface area contributed by atoms with Crippen LogP contribution in [0.2, 0.25) is 0 Å². The second-order valence-electron chi connectivity index (χ2n) is 5.45. The number of carbonyl (C=O) groups is 2. The summed E-state index contributed by atoms with van der Waals surface area (Å²) in [4.78, 5) is 28.0. The maximum absolute atomic E-state index is 13.6. The van der Waals surface area contributed by atoms with E-state index in [4.69, 9.17) is 4.52 Å². The number of anilines is 1. The number of amides is 3. The van der Waals surface area contributed by atoms with Crippen molar-refractivity contribution in [3.8, 4) is 11.4 Å². The number of nitrogens with one attached hydrogen (secondary N) is 2. The number of urea groups is 1. The molecule has 0 aliphatic carbocycles. The van der Waals surface area contributed by atoms with Gasteiger partial charge in [0, 0.05) is 17.7 Å². The smallest absolute Gasteiger partial charge is 0.326 e. The molecule has 138 valence electrons. The number of rotatable bonds is 4. The normalized spacial score (nSPS) is 10.5. The standard InChI is InChI=1S/C18H14F2N4O3/c1-2-14-22-16(24-27-14)10-6-8-11(9-7-10)21-18(26)23-17(25)15-12(19)4-3-5-13(15)20/h3-9H,2H2,1H3,(H2,21,23,25,26). The lowest BCUT2D eigenvalue weighted by Gasteiger charge is -2.08. The Morgan fingerprint density at radius 3 is 2.33 bits per heavy atom. The van der Waals surface area contributed by atoms with Crippen LogP contribution >= 0.6 is 0 Å². The molecule has 1 aromatic heterocycles. The molecule has 2 aromatic carbocycles. The van der Waals surface area contributed by atoms with Crippen LogP contribution in [0.25, 0.3) is 11.4 Å². The molecule has 7 nitrogen and oxygen atoms in total. The lowest BCUT2D eigenvalue weighted by molar-refractivity contribution is 0.0959.